The number of halogens is 1. The molecule has 0 saturated carbocycles. The van der Waals surface area contributed by atoms with E-state index in [1.54, 1.807) is 0 Å². The molecule has 0 bridgehead atoms. The molecule has 1 aromatic heterocycles. The Morgan fingerprint density at radius 1 is 1.04 bits per heavy atom. The molecule has 132 valence electrons. The van der Waals surface area contributed by atoms with Crippen LogP contribution >= 0.6 is 22.9 Å². The Labute approximate surface area is 157 Å². The maximum atomic E-state index is 6.01. The predicted octanol–water partition coefficient (Wildman–Crippen LogP) is 5.46. The molecule has 0 N–H and O–H groups in total. The summed E-state index contributed by atoms with van der Waals surface area (Å²) < 4.78 is 12.6. The standard InChI is InChI=1S/C19H21ClN2O2S/c1-3-22(4-2)11-12-23-15-6-8-16(9-7-15)24-19-21-17-10-5-14(20)13-18(17)25-19/h5-10,13H,3-4,11-12H2,1-2H3. The molecule has 0 amide bonds. The second kappa shape index (κ2) is 8.52. The molecule has 25 heavy (non-hydrogen) atoms. The molecule has 0 aliphatic carbocycles. The van der Waals surface area contributed by atoms with Crippen LogP contribution in [-0.4, -0.2) is 36.1 Å². The van der Waals surface area contributed by atoms with Crippen molar-refractivity contribution < 1.29 is 9.47 Å². The lowest BCUT2D eigenvalue weighted by Gasteiger charge is -2.18. The average Bonchev–Trinajstić information content (AvgIpc) is 3.01. The van der Waals surface area contributed by atoms with Crippen LogP contribution in [0.2, 0.25) is 5.02 Å². The first-order valence-corrected chi connectivity index (χ1v) is 9.56. The van der Waals surface area contributed by atoms with Gasteiger partial charge in [-0.1, -0.05) is 36.8 Å². The van der Waals surface area contributed by atoms with E-state index in [4.69, 9.17) is 21.1 Å². The van der Waals surface area contributed by atoms with E-state index < -0.39 is 0 Å². The molecule has 0 fully saturated rings. The maximum absolute atomic E-state index is 6.01. The lowest BCUT2D eigenvalue weighted by Crippen LogP contribution is -2.27. The highest BCUT2D eigenvalue weighted by molar-refractivity contribution is 7.20. The summed E-state index contributed by atoms with van der Waals surface area (Å²) in [6.07, 6.45) is 0. The largest absolute Gasteiger partial charge is 0.492 e. The van der Waals surface area contributed by atoms with Gasteiger partial charge < -0.3 is 14.4 Å². The van der Waals surface area contributed by atoms with Gasteiger partial charge in [-0.2, -0.15) is 0 Å². The normalized spacial score (nSPS) is 11.2. The van der Waals surface area contributed by atoms with E-state index in [0.29, 0.717) is 16.8 Å². The highest BCUT2D eigenvalue weighted by Crippen LogP contribution is 2.33. The summed E-state index contributed by atoms with van der Waals surface area (Å²) in [6.45, 7) is 8.01. The van der Waals surface area contributed by atoms with Gasteiger partial charge in [0, 0.05) is 11.6 Å². The first-order valence-electron chi connectivity index (χ1n) is 8.37. The molecule has 1 heterocycles. The van der Waals surface area contributed by atoms with Crippen LogP contribution in [0.5, 0.6) is 16.7 Å². The number of hydrogen-bond donors (Lipinski definition) is 0. The molecule has 4 nitrogen and oxygen atoms in total. The summed E-state index contributed by atoms with van der Waals surface area (Å²) in [4.78, 5) is 6.79. The van der Waals surface area contributed by atoms with Crippen LogP contribution in [0, 0.1) is 0 Å². The van der Waals surface area contributed by atoms with Gasteiger partial charge in [-0.25, -0.2) is 4.98 Å². The first kappa shape index (κ1) is 18.0. The van der Waals surface area contributed by atoms with E-state index in [-0.39, 0.29) is 0 Å². The molecule has 0 aliphatic heterocycles. The molecule has 2 aromatic carbocycles. The van der Waals surface area contributed by atoms with E-state index in [1.165, 1.54) is 11.3 Å². The summed E-state index contributed by atoms with van der Waals surface area (Å²) in [5, 5.41) is 1.31. The third-order valence-corrected chi connectivity index (χ3v) is 5.06. The number of fused-ring (bicyclic) bond motifs is 1. The van der Waals surface area contributed by atoms with E-state index in [2.05, 4.69) is 23.7 Å². The Morgan fingerprint density at radius 3 is 2.48 bits per heavy atom. The van der Waals surface area contributed by atoms with Crippen molar-refractivity contribution in [3.05, 3.63) is 47.5 Å². The smallest absolute Gasteiger partial charge is 0.279 e. The predicted molar refractivity (Wildman–Crippen MR) is 104 cm³/mol. The topological polar surface area (TPSA) is 34.6 Å². The summed E-state index contributed by atoms with van der Waals surface area (Å²) in [7, 11) is 0. The van der Waals surface area contributed by atoms with Gasteiger partial charge in [0.05, 0.1) is 10.2 Å². The molecule has 0 atom stereocenters. The molecular weight excluding hydrogens is 356 g/mol. The third-order valence-electron chi connectivity index (χ3n) is 3.93. The van der Waals surface area contributed by atoms with Crippen LogP contribution in [-0.2, 0) is 0 Å². The van der Waals surface area contributed by atoms with Gasteiger partial charge in [-0.3, -0.25) is 0 Å². The Kier molecular flexibility index (Phi) is 6.13. The SMILES string of the molecule is CCN(CC)CCOc1ccc(Oc2nc3ccc(Cl)cc3s2)cc1. The number of hydrogen-bond acceptors (Lipinski definition) is 5. The molecule has 3 rings (SSSR count). The zero-order valence-electron chi connectivity index (χ0n) is 14.4. The number of aromatic nitrogens is 1. The second-order valence-corrected chi connectivity index (χ2v) is 6.97. The zero-order valence-corrected chi connectivity index (χ0v) is 15.9. The van der Waals surface area contributed by atoms with E-state index in [9.17, 15) is 0 Å². The van der Waals surface area contributed by atoms with Gasteiger partial charge in [0.25, 0.3) is 5.19 Å². The Morgan fingerprint density at radius 2 is 1.76 bits per heavy atom. The van der Waals surface area contributed by atoms with Crippen LogP contribution in [0.25, 0.3) is 10.2 Å². The minimum Gasteiger partial charge on any atom is -0.492 e. The molecule has 0 aliphatic rings. The number of benzene rings is 2. The monoisotopic (exact) mass is 376 g/mol. The number of nitrogens with zero attached hydrogens (tertiary/aromatic N) is 2. The van der Waals surface area contributed by atoms with E-state index in [1.807, 2.05) is 42.5 Å². The highest BCUT2D eigenvalue weighted by atomic mass is 35.5. The molecule has 6 heteroatoms. The number of ether oxygens (including phenoxy) is 2. The maximum Gasteiger partial charge on any atom is 0.279 e. The van der Waals surface area contributed by atoms with Crippen molar-refractivity contribution in [2.75, 3.05) is 26.2 Å². The first-order chi connectivity index (χ1) is 12.2. The van der Waals surface area contributed by atoms with Crippen LogP contribution in [0.1, 0.15) is 13.8 Å². The minimum atomic E-state index is 0.604. The quantitative estimate of drug-likeness (QED) is 0.522. The Balaban J connectivity index is 1.58. The third kappa shape index (κ3) is 4.84. The van der Waals surface area contributed by atoms with Crippen molar-refractivity contribution in [2.45, 2.75) is 13.8 Å². The summed E-state index contributed by atoms with van der Waals surface area (Å²) >= 11 is 7.48. The van der Waals surface area contributed by atoms with Crippen LogP contribution in [0.3, 0.4) is 0 Å². The van der Waals surface area contributed by atoms with Crippen molar-refractivity contribution in [3.63, 3.8) is 0 Å². The Bertz CT molecular complexity index is 816. The van der Waals surface area contributed by atoms with Crippen molar-refractivity contribution in [2.24, 2.45) is 0 Å². The molecule has 0 radical (unpaired) electrons. The fraction of sp³-hybridized carbons (Fsp3) is 0.316. The summed E-state index contributed by atoms with van der Waals surface area (Å²) in [5.41, 5.74) is 0.890. The fourth-order valence-electron chi connectivity index (χ4n) is 2.46. The van der Waals surface area contributed by atoms with Crippen molar-refractivity contribution in [1.29, 1.82) is 0 Å². The van der Waals surface area contributed by atoms with Crippen molar-refractivity contribution in [3.8, 4) is 16.7 Å². The van der Waals surface area contributed by atoms with Crippen molar-refractivity contribution >= 4 is 33.2 Å². The van der Waals surface area contributed by atoms with Crippen molar-refractivity contribution in [1.82, 2.24) is 9.88 Å². The van der Waals surface area contributed by atoms with Gasteiger partial charge in [0.1, 0.15) is 18.1 Å². The van der Waals surface area contributed by atoms with Gasteiger partial charge in [0.15, 0.2) is 0 Å². The lowest BCUT2D eigenvalue weighted by molar-refractivity contribution is 0.222. The van der Waals surface area contributed by atoms with Crippen LogP contribution in [0.4, 0.5) is 0 Å². The lowest BCUT2D eigenvalue weighted by atomic mass is 10.3. The van der Waals surface area contributed by atoms with E-state index in [0.717, 1.165) is 41.3 Å². The number of rotatable bonds is 8. The van der Waals surface area contributed by atoms with E-state index >= 15 is 0 Å². The molecule has 0 saturated heterocycles. The van der Waals surface area contributed by atoms with Crippen LogP contribution in [0.15, 0.2) is 42.5 Å². The summed E-state index contributed by atoms with van der Waals surface area (Å²) in [5.74, 6) is 1.58. The molecule has 3 aromatic rings. The fourth-order valence-corrected chi connectivity index (χ4v) is 3.57. The Hall–Kier alpha value is -1.82. The van der Waals surface area contributed by atoms with Gasteiger partial charge >= 0.3 is 0 Å². The highest BCUT2D eigenvalue weighted by Gasteiger charge is 2.07. The summed E-state index contributed by atoms with van der Waals surface area (Å²) in [6, 6.07) is 13.3. The van der Waals surface area contributed by atoms with Gasteiger partial charge in [-0.15, -0.1) is 0 Å². The molecular formula is C19H21ClN2O2S. The van der Waals surface area contributed by atoms with Crippen LogP contribution < -0.4 is 9.47 Å². The van der Waals surface area contributed by atoms with Gasteiger partial charge in [-0.05, 0) is 55.6 Å². The average molecular weight is 377 g/mol. The molecule has 0 spiro atoms. The zero-order chi connectivity index (χ0) is 17.6. The number of likely N-dealkylation sites (N-methyl/N-ethyl adjacent to an activating group) is 1. The second-order valence-electron chi connectivity index (χ2n) is 5.54. The molecule has 0 unspecified atom stereocenters. The van der Waals surface area contributed by atoms with Gasteiger partial charge in [0.2, 0.25) is 0 Å². The number of thiazole rings is 1. The minimum absolute atomic E-state index is 0.604.